The largest absolute Gasteiger partial charge is 0.349 e. The maximum absolute atomic E-state index is 11.2. The van der Waals surface area contributed by atoms with Gasteiger partial charge in [0.05, 0.1) is 6.54 Å². The summed E-state index contributed by atoms with van der Waals surface area (Å²) in [6.45, 7) is 2.40. The average molecular weight is 269 g/mol. The predicted octanol–water partition coefficient (Wildman–Crippen LogP) is 4.00. The third kappa shape index (κ3) is 15.1. The van der Waals surface area contributed by atoms with Gasteiger partial charge in [-0.1, -0.05) is 71.1 Å². The number of aldehydes is 1. The van der Waals surface area contributed by atoms with E-state index >= 15 is 0 Å². The number of rotatable bonds is 14. The fourth-order valence-electron chi connectivity index (χ4n) is 2.19. The number of unbranched alkanes of at least 4 members (excludes halogenated alkanes) is 10. The van der Waals surface area contributed by atoms with Gasteiger partial charge in [0.25, 0.3) is 0 Å². The molecule has 0 aromatic rings. The molecule has 0 unspecified atom stereocenters. The number of carbonyl (C=O) groups is 2. The first-order valence-electron chi connectivity index (χ1n) is 8.01. The first-order valence-corrected chi connectivity index (χ1v) is 8.01. The number of carbonyl (C=O) groups excluding carboxylic acids is 2. The summed E-state index contributed by atoms with van der Waals surface area (Å²) >= 11 is 0. The zero-order valence-electron chi connectivity index (χ0n) is 12.6. The van der Waals surface area contributed by atoms with E-state index in [1.54, 1.807) is 0 Å². The van der Waals surface area contributed by atoms with Gasteiger partial charge in [0.2, 0.25) is 5.91 Å². The second-order valence-corrected chi connectivity index (χ2v) is 5.26. The molecule has 0 aromatic heterocycles. The Kier molecular flexibility index (Phi) is 14.5. The van der Waals surface area contributed by atoms with E-state index in [9.17, 15) is 9.59 Å². The van der Waals surface area contributed by atoms with Crippen LogP contribution in [-0.4, -0.2) is 18.7 Å². The van der Waals surface area contributed by atoms with Crippen LogP contribution in [0.15, 0.2) is 0 Å². The monoisotopic (exact) mass is 269 g/mol. The van der Waals surface area contributed by atoms with E-state index in [1.165, 1.54) is 57.8 Å². The molecule has 0 aliphatic rings. The summed E-state index contributed by atoms with van der Waals surface area (Å²) in [6.07, 6.45) is 15.5. The minimum Gasteiger partial charge on any atom is -0.349 e. The zero-order chi connectivity index (χ0) is 14.2. The van der Waals surface area contributed by atoms with E-state index < -0.39 is 0 Å². The van der Waals surface area contributed by atoms with Crippen LogP contribution in [0.5, 0.6) is 0 Å². The summed E-state index contributed by atoms with van der Waals surface area (Å²) in [4.78, 5) is 21.2. The van der Waals surface area contributed by atoms with E-state index in [-0.39, 0.29) is 12.5 Å². The highest BCUT2D eigenvalue weighted by Crippen LogP contribution is 2.11. The van der Waals surface area contributed by atoms with Crippen LogP contribution in [-0.2, 0) is 9.59 Å². The highest BCUT2D eigenvalue weighted by Gasteiger charge is 1.99. The first kappa shape index (κ1) is 18.1. The molecule has 0 saturated carbocycles. The van der Waals surface area contributed by atoms with Crippen LogP contribution in [0.1, 0.15) is 84.0 Å². The number of hydrogen-bond donors (Lipinski definition) is 1. The van der Waals surface area contributed by atoms with Crippen molar-refractivity contribution in [1.82, 2.24) is 5.32 Å². The molecule has 0 atom stereocenters. The smallest absolute Gasteiger partial charge is 0.220 e. The molecule has 0 saturated heterocycles. The Morgan fingerprint density at radius 2 is 1.32 bits per heavy atom. The number of amides is 1. The second kappa shape index (κ2) is 15.2. The Hall–Kier alpha value is -0.860. The molecule has 3 nitrogen and oxygen atoms in total. The molecule has 0 rings (SSSR count). The molecule has 3 heteroatoms. The molecule has 19 heavy (non-hydrogen) atoms. The Labute approximate surface area is 118 Å². The fourth-order valence-corrected chi connectivity index (χ4v) is 2.19. The van der Waals surface area contributed by atoms with Gasteiger partial charge in [-0.2, -0.15) is 0 Å². The third-order valence-electron chi connectivity index (χ3n) is 3.39. The molecular weight excluding hydrogens is 238 g/mol. The van der Waals surface area contributed by atoms with E-state index in [0.29, 0.717) is 6.42 Å². The van der Waals surface area contributed by atoms with Gasteiger partial charge >= 0.3 is 0 Å². The molecular formula is C16H31NO2. The molecule has 1 N–H and O–H groups in total. The van der Waals surface area contributed by atoms with Gasteiger partial charge in [-0.15, -0.1) is 0 Å². The van der Waals surface area contributed by atoms with Crippen LogP contribution in [0.3, 0.4) is 0 Å². The Morgan fingerprint density at radius 3 is 1.79 bits per heavy atom. The Bertz CT molecular complexity index is 217. The van der Waals surface area contributed by atoms with Crippen molar-refractivity contribution < 1.29 is 9.59 Å². The molecule has 0 bridgehead atoms. The lowest BCUT2D eigenvalue weighted by molar-refractivity contribution is -0.122. The van der Waals surface area contributed by atoms with Crippen molar-refractivity contribution in [3.8, 4) is 0 Å². The van der Waals surface area contributed by atoms with Gasteiger partial charge in [-0.05, 0) is 6.42 Å². The van der Waals surface area contributed by atoms with Gasteiger partial charge < -0.3 is 10.1 Å². The summed E-state index contributed by atoms with van der Waals surface area (Å²) in [5.41, 5.74) is 0. The molecule has 0 fully saturated rings. The van der Waals surface area contributed by atoms with E-state index in [4.69, 9.17) is 0 Å². The van der Waals surface area contributed by atoms with E-state index in [0.717, 1.165) is 19.1 Å². The first-order chi connectivity index (χ1) is 9.31. The van der Waals surface area contributed by atoms with Crippen molar-refractivity contribution in [3.05, 3.63) is 0 Å². The third-order valence-corrected chi connectivity index (χ3v) is 3.39. The molecule has 0 spiro atoms. The lowest BCUT2D eigenvalue weighted by Gasteiger charge is -2.03. The minimum absolute atomic E-state index is 0.00280. The molecule has 0 aliphatic heterocycles. The van der Waals surface area contributed by atoms with Crippen molar-refractivity contribution in [2.45, 2.75) is 84.0 Å². The van der Waals surface area contributed by atoms with Crippen molar-refractivity contribution in [2.75, 3.05) is 6.54 Å². The van der Waals surface area contributed by atoms with Gasteiger partial charge in [-0.25, -0.2) is 0 Å². The molecule has 0 heterocycles. The highest BCUT2D eigenvalue weighted by molar-refractivity contribution is 5.78. The average Bonchev–Trinajstić information content (AvgIpc) is 2.42. The summed E-state index contributed by atoms with van der Waals surface area (Å²) in [5.74, 6) is 0.00280. The predicted molar refractivity (Wildman–Crippen MR) is 80.2 cm³/mol. The van der Waals surface area contributed by atoms with Crippen molar-refractivity contribution in [1.29, 1.82) is 0 Å². The lowest BCUT2D eigenvalue weighted by Crippen LogP contribution is -2.24. The maximum Gasteiger partial charge on any atom is 0.220 e. The number of hydrogen-bond acceptors (Lipinski definition) is 2. The summed E-state index contributed by atoms with van der Waals surface area (Å²) in [7, 11) is 0. The van der Waals surface area contributed by atoms with Crippen LogP contribution in [0, 0.1) is 0 Å². The highest BCUT2D eigenvalue weighted by atomic mass is 16.2. The standard InChI is InChI=1S/C16H31NO2/c1-2-3-4-5-6-7-8-9-10-11-12-13-16(19)17-14-15-18/h15H,2-14H2,1H3,(H,17,19). The van der Waals surface area contributed by atoms with Gasteiger partial charge in [-0.3, -0.25) is 4.79 Å². The molecule has 112 valence electrons. The van der Waals surface area contributed by atoms with Crippen LogP contribution in [0.2, 0.25) is 0 Å². The SMILES string of the molecule is CCCCCCCCCCCCCC(=O)NCC=O. The van der Waals surface area contributed by atoms with Gasteiger partial charge in [0, 0.05) is 6.42 Å². The molecule has 0 aromatic carbocycles. The van der Waals surface area contributed by atoms with Crippen molar-refractivity contribution in [2.24, 2.45) is 0 Å². The van der Waals surface area contributed by atoms with Crippen LogP contribution in [0.4, 0.5) is 0 Å². The van der Waals surface area contributed by atoms with E-state index in [1.807, 2.05) is 0 Å². The van der Waals surface area contributed by atoms with Gasteiger partial charge in [0.1, 0.15) is 6.29 Å². The van der Waals surface area contributed by atoms with Crippen molar-refractivity contribution >= 4 is 12.2 Å². The normalized spacial score (nSPS) is 10.4. The Morgan fingerprint density at radius 1 is 0.842 bits per heavy atom. The van der Waals surface area contributed by atoms with Gasteiger partial charge in [0.15, 0.2) is 0 Å². The topological polar surface area (TPSA) is 46.2 Å². The van der Waals surface area contributed by atoms with E-state index in [2.05, 4.69) is 12.2 Å². The fraction of sp³-hybridized carbons (Fsp3) is 0.875. The van der Waals surface area contributed by atoms with Crippen LogP contribution >= 0.6 is 0 Å². The summed E-state index contributed by atoms with van der Waals surface area (Å²) in [5, 5.41) is 2.56. The molecule has 0 radical (unpaired) electrons. The summed E-state index contributed by atoms with van der Waals surface area (Å²) < 4.78 is 0. The van der Waals surface area contributed by atoms with Crippen molar-refractivity contribution in [3.63, 3.8) is 0 Å². The molecule has 0 aliphatic carbocycles. The zero-order valence-corrected chi connectivity index (χ0v) is 12.6. The minimum atomic E-state index is 0.00280. The quantitative estimate of drug-likeness (QED) is 0.382. The maximum atomic E-state index is 11.2. The Balaban J connectivity index is 3.06. The van der Waals surface area contributed by atoms with Crippen LogP contribution in [0.25, 0.3) is 0 Å². The second-order valence-electron chi connectivity index (χ2n) is 5.26. The molecule has 1 amide bonds. The van der Waals surface area contributed by atoms with Crippen LogP contribution < -0.4 is 5.32 Å². The number of nitrogens with one attached hydrogen (secondary N) is 1. The lowest BCUT2D eigenvalue weighted by atomic mass is 10.1. The summed E-state index contributed by atoms with van der Waals surface area (Å²) in [6, 6.07) is 0.